The van der Waals surface area contributed by atoms with E-state index < -0.39 is 11.5 Å². The van der Waals surface area contributed by atoms with Crippen molar-refractivity contribution in [3.05, 3.63) is 125 Å². The van der Waals surface area contributed by atoms with Crippen molar-refractivity contribution in [1.82, 2.24) is 4.98 Å². The number of nitrogens with zero attached hydrogens (tertiary/aromatic N) is 1. The van der Waals surface area contributed by atoms with Crippen molar-refractivity contribution in [2.24, 2.45) is 0 Å². The van der Waals surface area contributed by atoms with E-state index in [1.54, 1.807) is 24.5 Å². The normalized spacial score (nSPS) is 21.7. The number of hydrogen-bond acceptors (Lipinski definition) is 4. The Morgan fingerprint density at radius 2 is 1.74 bits per heavy atom. The summed E-state index contributed by atoms with van der Waals surface area (Å²) < 4.78 is 5.98. The van der Waals surface area contributed by atoms with Crippen LogP contribution in [-0.2, 0) is 16.8 Å². The maximum atomic E-state index is 12.6. The van der Waals surface area contributed by atoms with Gasteiger partial charge in [-0.15, -0.1) is 0 Å². The maximum absolute atomic E-state index is 12.6. The standard InChI is InChI=1S/C33H29ClN2O3/c34-26-7-3-8-27(20-26)36-33(31(37)38)16-14-32(15-17-33)29-9-2-1-6-25(29)19-30(32)24-10-12-28(13-11-24)39-22-23-5-4-18-35-21-23/h1-13,18-21,36H,14-17,22H2,(H,37,38). The van der Waals surface area contributed by atoms with Gasteiger partial charge in [-0.3, -0.25) is 4.98 Å². The maximum Gasteiger partial charge on any atom is 0.329 e. The third kappa shape index (κ3) is 4.79. The fourth-order valence-corrected chi connectivity index (χ4v) is 6.31. The molecule has 4 aromatic rings. The lowest BCUT2D eigenvalue weighted by Gasteiger charge is -2.45. The van der Waals surface area contributed by atoms with Gasteiger partial charge in [-0.25, -0.2) is 4.79 Å². The predicted molar refractivity (Wildman–Crippen MR) is 155 cm³/mol. The molecule has 1 fully saturated rings. The van der Waals surface area contributed by atoms with Gasteiger partial charge >= 0.3 is 5.97 Å². The summed E-state index contributed by atoms with van der Waals surface area (Å²) in [6, 6.07) is 27.9. The Hall–Kier alpha value is -4.09. The highest BCUT2D eigenvalue weighted by Crippen LogP contribution is 2.56. The molecule has 0 amide bonds. The van der Waals surface area contributed by atoms with E-state index in [4.69, 9.17) is 16.3 Å². The van der Waals surface area contributed by atoms with Crippen LogP contribution in [0.2, 0.25) is 5.02 Å². The first-order valence-corrected chi connectivity index (χ1v) is 13.6. The van der Waals surface area contributed by atoms with Crippen LogP contribution in [0, 0.1) is 0 Å². The average molecular weight is 537 g/mol. The number of hydrogen-bond donors (Lipinski definition) is 2. The number of carboxylic acid groups (broad SMARTS) is 1. The second-order valence-corrected chi connectivity index (χ2v) is 10.9. The molecule has 2 aliphatic rings. The topological polar surface area (TPSA) is 71.5 Å². The van der Waals surface area contributed by atoms with Crippen LogP contribution in [0.15, 0.2) is 97.3 Å². The molecule has 1 heterocycles. The second-order valence-electron chi connectivity index (χ2n) is 10.4. The number of anilines is 1. The Balaban J connectivity index is 1.27. The molecule has 6 heteroatoms. The Morgan fingerprint density at radius 1 is 0.949 bits per heavy atom. The molecule has 1 saturated carbocycles. The number of rotatable bonds is 7. The molecule has 0 aliphatic heterocycles. The minimum Gasteiger partial charge on any atom is -0.489 e. The monoisotopic (exact) mass is 536 g/mol. The summed E-state index contributed by atoms with van der Waals surface area (Å²) in [5.74, 6) is -0.0312. The average Bonchev–Trinajstić information content (AvgIpc) is 3.28. The zero-order chi connectivity index (χ0) is 26.9. The van der Waals surface area contributed by atoms with E-state index in [-0.39, 0.29) is 5.41 Å². The number of aliphatic carboxylic acids is 1. The number of halogens is 1. The van der Waals surface area contributed by atoms with Gasteiger partial charge in [0, 0.05) is 34.1 Å². The van der Waals surface area contributed by atoms with E-state index in [1.165, 1.54) is 16.7 Å². The summed E-state index contributed by atoms with van der Waals surface area (Å²) in [7, 11) is 0. The van der Waals surface area contributed by atoms with Crippen molar-refractivity contribution >= 4 is 34.9 Å². The molecule has 196 valence electrons. The van der Waals surface area contributed by atoms with E-state index >= 15 is 0 Å². The van der Waals surface area contributed by atoms with Gasteiger partial charge in [0.15, 0.2) is 0 Å². The largest absolute Gasteiger partial charge is 0.489 e. The third-order valence-electron chi connectivity index (χ3n) is 8.16. The van der Waals surface area contributed by atoms with Gasteiger partial charge in [0.25, 0.3) is 0 Å². The summed E-state index contributed by atoms with van der Waals surface area (Å²) in [5.41, 5.74) is 5.30. The van der Waals surface area contributed by atoms with Gasteiger partial charge in [0.05, 0.1) is 0 Å². The number of pyridine rings is 1. The minimum atomic E-state index is -1.05. The number of carbonyl (C=O) groups is 1. The molecule has 0 bridgehead atoms. The molecule has 2 N–H and O–H groups in total. The number of carboxylic acids is 1. The molecule has 3 aromatic carbocycles. The molecule has 2 aliphatic carbocycles. The summed E-state index contributed by atoms with van der Waals surface area (Å²) in [6.07, 6.45) is 8.25. The van der Waals surface area contributed by atoms with Crippen molar-refractivity contribution in [1.29, 1.82) is 0 Å². The van der Waals surface area contributed by atoms with Gasteiger partial charge in [-0.05, 0) is 90.4 Å². The Morgan fingerprint density at radius 3 is 2.46 bits per heavy atom. The van der Waals surface area contributed by atoms with Crippen LogP contribution in [0.5, 0.6) is 5.75 Å². The number of allylic oxidation sites excluding steroid dienone is 1. The van der Waals surface area contributed by atoms with Crippen LogP contribution in [0.1, 0.15) is 47.9 Å². The minimum absolute atomic E-state index is 0.246. The molecular weight excluding hydrogens is 508 g/mol. The van der Waals surface area contributed by atoms with Crippen LogP contribution in [-0.4, -0.2) is 21.6 Å². The molecule has 0 atom stereocenters. The Kier molecular flexibility index (Phi) is 6.61. The fraction of sp³-hybridized carbons (Fsp3) is 0.212. The van der Waals surface area contributed by atoms with Crippen LogP contribution in [0.3, 0.4) is 0 Å². The predicted octanol–water partition coefficient (Wildman–Crippen LogP) is 7.62. The van der Waals surface area contributed by atoms with Gasteiger partial charge in [-0.1, -0.05) is 60.1 Å². The number of aromatic nitrogens is 1. The smallest absolute Gasteiger partial charge is 0.329 e. The van der Waals surface area contributed by atoms with Gasteiger partial charge in [0.1, 0.15) is 17.9 Å². The van der Waals surface area contributed by atoms with Gasteiger partial charge in [-0.2, -0.15) is 0 Å². The highest BCUT2D eigenvalue weighted by molar-refractivity contribution is 6.30. The number of nitrogens with one attached hydrogen (secondary N) is 1. The molecule has 1 aromatic heterocycles. The number of ether oxygens (including phenoxy) is 1. The van der Waals surface area contributed by atoms with Crippen molar-refractivity contribution < 1.29 is 14.6 Å². The molecule has 39 heavy (non-hydrogen) atoms. The quantitative estimate of drug-likeness (QED) is 0.254. The zero-order valence-electron chi connectivity index (χ0n) is 21.4. The van der Waals surface area contributed by atoms with Crippen molar-refractivity contribution in [2.45, 2.75) is 43.2 Å². The molecule has 6 rings (SSSR count). The highest BCUT2D eigenvalue weighted by atomic mass is 35.5. The molecular formula is C33H29ClN2O3. The summed E-state index contributed by atoms with van der Waals surface area (Å²) in [4.78, 5) is 16.8. The van der Waals surface area contributed by atoms with Gasteiger partial charge < -0.3 is 15.2 Å². The Bertz CT molecular complexity index is 1520. The first kappa shape index (κ1) is 25.2. The Labute approximate surface area is 233 Å². The van der Waals surface area contributed by atoms with Crippen LogP contribution < -0.4 is 10.1 Å². The zero-order valence-corrected chi connectivity index (χ0v) is 22.2. The lowest BCUT2D eigenvalue weighted by atomic mass is 9.61. The fourth-order valence-electron chi connectivity index (χ4n) is 6.12. The van der Waals surface area contributed by atoms with Crippen LogP contribution in [0.25, 0.3) is 11.6 Å². The SMILES string of the molecule is O=C(O)C1(Nc2cccc(Cl)c2)CCC2(CC1)C(c1ccc(OCc3cccnc3)cc1)=Cc1ccccc12. The molecule has 1 spiro atoms. The third-order valence-corrected chi connectivity index (χ3v) is 8.40. The lowest BCUT2D eigenvalue weighted by molar-refractivity contribution is -0.143. The summed E-state index contributed by atoms with van der Waals surface area (Å²) >= 11 is 6.18. The van der Waals surface area contributed by atoms with E-state index in [2.05, 4.69) is 52.8 Å². The van der Waals surface area contributed by atoms with E-state index in [1.807, 2.05) is 36.4 Å². The highest BCUT2D eigenvalue weighted by Gasteiger charge is 2.51. The molecule has 0 radical (unpaired) electrons. The first-order valence-electron chi connectivity index (χ1n) is 13.2. The van der Waals surface area contributed by atoms with E-state index in [0.29, 0.717) is 24.5 Å². The van der Waals surface area contributed by atoms with Crippen molar-refractivity contribution in [3.8, 4) is 5.75 Å². The molecule has 0 saturated heterocycles. The second kappa shape index (κ2) is 10.2. The first-order chi connectivity index (χ1) is 19.0. The number of fused-ring (bicyclic) bond motifs is 2. The van der Waals surface area contributed by atoms with E-state index in [0.717, 1.165) is 35.4 Å². The van der Waals surface area contributed by atoms with Crippen LogP contribution in [0.4, 0.5) is 5.69 Å². The van der Waals surface area contributed by atoms with Gasteiger partial charge in [0.2, 0.25) is 0 Å². The van der Waals surface area contributed by atoms with Crippen LogP contribution >= 0.6 is 11.6 Å². The molecule has 0 unspecified atom stereocenters. The molecule has 5 nitrogen and oxygen atoms in total. The summed E-state index contributed by atoms with van der Waals surface area (Å²) in [6.45, 7) is 0.460. The lowest BCUT2D eigenvalue weighted by Crippen LogP contribution is -2.52. The van der Waals surface area contributed by atoms with E-state index in [9.17, 15) is 9.90 Å². The summed E-state index contributed by atoms with van der Waals surface area (Å²) in [5, 5.41) is 14.3. The van der Waals surface area contributed by atoms with Crippen molar-refractivity contribution in [3.63, 3.8) is 0 Å². The number of benzene rings is 3. The van der Waals surface area contributed by atoms with Crippen molar-refractivity contribution in [2.75, 3.05) is 5.32 Å².